The second-order valence-electron chi connectivity index (χ2n) is 5.37. The quantitative estimate of drug-likeness (QED) is 0.552. The van der Waals surface area contributed by atoms with E-state index in [9.17, 15) is 17.6 Å². The van der Waals surface area contributed by atoms with Crippen LogP contribution in [0.3, 0.4) is 0 Å². The Morgan fingerprint density at radius 1 is 1.19 bits per heavy atom. The summed E-state index contributed by atoms with van der Waals surface area (Å²) in [6.45, 7) is 1.78. The minimum Gasteiger partial charge on any atom is -0.296 e. The van der Waals surface area contributed by atoms with Gasteiger partial charge in [0, 0.05) is 10.0 Å². The maximum atomic E-state index is 13.9. The van der Waals surface area contributed by atoms with Crippen molar-refractivity contribution >= 4 is 54.0 Å². The summed E-state index contributed by atoms with van der Waals surface area (Å²) in [5.41, 5.74) is 0.978. The first-order valence-electron chi connectivity index (χ1n) is 7.44. The molecule has 0 atom stereocenters. The third-order valence-corrected chi connectivity index (χ3v) is 6.49. The lowest BCUT2D eigenvalue weighted by atomic mass is 10.1. The molecule has 0 spiro atoms. The molecule has 2 aromatic carbocycles. The second kappa shape index (κ2) is 7.71. The Hall–Kier alpha value is -2.37. The fourth-order valence-corrected chi connectivity index (χ4v) is 4.42. The Kier molecular flexibility index (Phi) is 5.53. The van der Waals surface area contributed by atoms with E-state index in [2.05, 4.69) is 36.2 Å². The van der Waals surface area contributed by atoms with Crippen molar-refractivity contribution in [1.29, 1.82) is 0 Å². The minimum absolute atomic E-state index is 0.0138. The summed E-state index contributed by atoms with van der Waals surface area (Å²) in [7, 11) is -4.15. The van der Waals surface area contributed by atoms with E-state index in [-0.39, 0.29) is 10.8 Å². The molecule has 1 heterocycles. The highest BCUT2D eigenvalue weighted by molar-refractivity contribution is 9.10. The molecule has 0 radical (unpaired) electrons. The van der Waals surface area contributed by atoms with Crippen molar-refractivity contribution in [2.24, 2.45) is 0 Å². The third kappa shape index (κ3) is 4.49. The number of carbonyl (C=O) groups is 1. The Morgan fingerprint density at radius 3 is 2.63 bits per heavy atom. The van der Waals surface area contributed by atoms with Gasteiger partial charge in [-0.2, -0.15) is 8.42 Å². The summed E-state index contributed by atoms with van der Waals surface area (Å²) in [4.78, 5) is 12.3. The number of carbonyl (C=O) groups excluding carboxylic acids is 1. The number of benzene rings is 2. The molecule has 0 fully saturated rings. The van der Waals surface area contributed by atoms with Gasteiger partial charge in [-0.05, 0) is 36.8 Å². The van der Waals surface area contributed by atoms with Crippen molar-refractivity contribution in [2.75, 3.05) is 10.0 Å². The summed E-state index contributed by atoms with van der Waals surface area (Å²) >= 11 is 3.75. The maximum absolute atomic E-state index is 13.9. The lowest BCUT2D eigenvalue weighted by Crippen LogP contribution is -2.13. The van der Waals surface area contributed by atoms with Crippen molar-refractivity contribution in [2.45, 2.75) is 11.3 Å². The number of aromatic nitrogens is 2. The highest BCUT2D eigenvalue weighted by Crippen LogP contribution is 2.25. The molecule has 0 saturated heterocycles. The molecule has 0 aliphatic heterocycles. The molecule has 0 unspecified atom stereocenters. The van der Waals surface area contributed by atoms with Crippen molar-refractivity contribution in [3.8, 4) is 0 Å². The molecule has 140 valence electrons. The van der Waals surface area contributed by atoms with Crippen LogP contribution in [0.2, 0.25) is 0 Å². The topological polar surface area (TPSA) is 101 Å². The van der Waals surface area contributed by atoms with Gasteiger partial charge in [-0.1, -0.05) is 45.5 Å². The molecule has 3 aromatic rings. The molecule has 0 aliphatic carbocycles. The zero-order valence-corrected chi connectivity index (χ0v) is 17.0. The predicted molar refractivity (Wildman–Crippen MR) is 104 cm³/mol. The Bertz CT molecular complexity index is 1120. The molecule has 0 saturated carbocycles. The number of amides is 1. The van der Waals surface area contributed by atoms with Gasteiger partial charge in [0.1, 0.15) is 5.82 Å². The number of rotatable bonds is 5. The summed E-state index contributed by atoms with van der Waals surface area (Å²) in [5, 5.41) is 9.77. The number of anilines is 2. The standard InChI is InChI=1S/C16H12BrFN4O3S2/c1-9-4-2-3-5-11(9)14(23)19-15-20-21-16(26-15)27(24,25)22-13-7-6-10(17)8-12(13)18/h2-8,22H,1H3,(H,19,20,23). The predicted octanol–water partition coefficient (Wildman–Crippen LogP) is 3.80. The molecule has 2 N–H and O–H groups in total. The van der Waals surface area contributed by atoms with Crippen LogP contribution in [0.4, 0.5) is 15.2 Å². The summed E-state index contributed by atoms with van der Waals surface area (Å²) in [6.07, 6.45) is 0. The van der Waals surface area contributed by atoms with Gasteiger partial charge >= 0.3 is 0 Å². The largest absolute Gasteiger partial charge is 0.296 e. The molecule has 27 heavy (non-hydrogen) atoms. The first-order valence-corrected chi connectivity index (χ1v) is 10.5. The molecular weight excluding hydrogens is 459 g/mol. The number of hydrogen-bond donors (Lipinski definition) is 2. The van der Waals surface area contributed by atoms with Crippen molar-refractivity contribution in [3.05, 3.63) is 63.9 Å². The van der Waals surface area contributed by atoms with Crippen LogP contribution in [0, 0.1) is 12.7 Å². The summed E-state index contributed by atoms with van der Waals surface area (Å²) in [6, 6.07) is 10.8. The van der Waals surface area contributed by atoms with Crippen molar-refractivity contribution in [3.63, 3.8) is 0 Å². The third-order valence-electron chi connectivity index (χ3n) is 3.42. The van der Waals surface area contributed by atoms with E-state index in [0.717, 1.165) is 11.6 Å². The van der Waals surface area contributed by atoms with E-state index in [1.54, 1.807) is 31.2 Å². The number of hydrogen-bond acceptors (Lipinski definition) is 6. The SMILES string of the molecule is Cc1ccccc1C(=O)Nc1nnc(S(=O)(=O)Nc2ccc(Br)cc2F)s1. The average molecular weight is 471 g/mol. The van der Waals surface area contributed by atoms with Gasteiger partial charge in [-0.15, -0.1) is 10.2 Å². The van der Waals surface area contributed by atoms with Crippen LogP contribution in [-0.2, 0) is 10.0 Å². The van der Waals surface area contributed by atoms with E-state index in [0.29, 0.717) is 21.4 Å². The van der Waals surface area contributed by atoms with Crippen molar-refractivity contribution in [1.82, 2.24) is 10.2 Å². The molecule has 1 aromatic heterocycles. The van der Waals surface area contributed by atoms with E-state index in [1.165, 1.54) is 12.1 Å². The van der Waals surface area contributed by atoms with Gasteiger partial charge in [0.25, 0.3) is 20.3 Å². The molecule has 1 amide bonds. The molecule has 0 bridgehead atoms. The highest BCUT2D eigenvalue weighted by Gasteiger charge is 2.23. The average Bonchev–Trinajstić information content (AvgIpc) is 3.07. The Labute approximate surface area is 166 Å². The molecule has 7 nitrogen and oxygen atoms in total. The van der Waals surface area contributed by atoms with E-state index >= 15 is 0 Å². The normalized spacial score (nSPS) is 11.2. The smallest absolute Gasteiger partial charge is 0.291 e. The van der Waals surface area contributed by atoms with Gasteiger partial charge in [-0.3, -0.25) is 14.8 Å². The van der Waals surface area contributed by atoms with Crippen LogP contribution in [0.15, 0.2) is 51.3 Å². The molecular formula is C16H12BrFN4O3S2. The van der Waals surface area contributed by atoms with E-state index in [4.69, 9.17) is 0 Å². The minimum atomic E-state index is -4.15. The summed E-state index contributed by atoms with van der Waals surface area (Å²) in [5.74, 6) is -1.18. The number of nitrogens with one attached hydrogen (secondary N) is 2. The highest BCUT2D eigenvalue weighted by atomic mass is 79.9. The van der Waals surface area contributed by atoms with E-state index < -0.39 is 26.1 Å². The Balaban J connectivity index is 1.78. The van der Waals surface area contributed by atoms with Gasteiger partial charge < -0.3 is 0 Å². The lowest BCUT2D eigenvalue weighted by molar-refractivity contribution is 0.102. The van der Waals surface area contributed by atoms with Crippen LogP contribution in [0.25, 0.3) is 0 Å². The van der Waals surface area contributed by atoms with Gasteiger partial charge in [-0.25, -0.2) is 4.39 Å². The number of sulfonamides is 1. The fourth-order valence-electron chi connectivity index (χ4n) is 2.12. The summed E-state index contributed by atoms with van der Waals surface area (Å²) < 4.78 is 40.8. The zero-order chi connectivity index (χ0) is 19.6. The van der Waals surface area contributed by atoms with Crippen LogP contribution in [-0.4, -0.2) is 24.5 Å². The van der Waals surface area contributed by atoms with Crippen LogP contribution in [0.1, 0.15) is 15.9 Å². The number of nitrogens with zero attached hydrogens (tertiary/aromatic N) is 2. The van der Waals surface area contributed by atoms with Gasteiger partial charge in [0.05, 0.1) is 5.69 Å². The number of halogens is 2. The van der Waals surface area contributed by atoms with Crippen molar-refractivity contribution < 1.29 is 17.6 Å². The molecule has 11 heteroatoms. The van der Waals surface area contributed by atoms with Crippen LogP contribution in [0.5, 0.6) is 0 Å². The van der Waals surface area contributed by atoms with Gasteiger partial charge in [0.15, 0.2) is 0 Å². The first kappa shape index (κ1) is 19.4. The van der Waals surface area contributed by atoms with E-state index in [1.807, 2.05) is 0 Å². The fraction of sp³-hybridized carbons (Fsp3) is 0.0625. The lowest BCUT2D eigenvalue weighted by Gasteiger charge is -2.06. The Morgan fingerprint density at radius 2 is 1.93 bits per heavy atom. The zero-order valence-electron chi connectivity index (χ0n) is 13.7. The number of aryl methyl sites for hydroxylation is 1. The molecule has 0 aliphatic rings. The monoisotopic (exact) mass is 470 g/mol. The van der Waals surface area contributed by atoms with Crippen LogP contribution < -0.4 is 10.0 Å². The van der Waals surface area contributed by atoms with Gasteiger partial charge in [0.2, 0.25) is 5.13 Å². The molecule has 3 rings (SSSR count). The maximum Gasteiger partial charge on any atom is 0.291 e. The van der Waals surface area contributed by atoms with Crippen LogP contribution >= 0.6 is 27.3 Å². The first-order chi connectivity index (χ1) is 12.8. The second-order valence-corrected chi connectivity index (χ2v) is 9.12.